The third-order valence-corrected chi connectivity index (χ3v) is 6.77. The summed E-state index contributed by atoms with van der Waals surface area (Å²) in [6.45, 7) is 4.90. The van der Waals surface area contributed by atoms with Crippen LogP contribution in [-0.2, 0) is 6.61 Å². The molecule has 0 radical (unpaired) electrons. The maximum absolute atomic E-state index is 5.92. The van der Waals surface area contributed by atoms with Crippen molar-refractivity contribution in [2.45, 2.75) is 25.0 Å². The molecule has 0 amide bonds. The van der Waals surface area contributed by atoms with Crippen molar-refractivity contribution in [1.82, 2.24) is 0 Å². The Balaban J connectivity index is 1.62. The molecule has 1 nitrogen and oxygen atoms in total. The first-order chi connectivity index (χ1) is 10.2. The van der Waals surface area contributed by atoms with Gasteiger partial charge in [-0.05, 0) is 42.7 Å². The number of hydrogen-bond donors (Lipinski definition) is 0. The van der Waals surface area contributed by atoms with E-state index in [9.17, 15) is 0 Å². The Morgan fingerprint density at radius 3 is 2.38 bits per heavy atom. The summed E-state index contributed by atoms with van der Waals surface area (Å²) >= 11 is 4.07. The van der Waals surface area contributed by atoms with E-state index in [4.69, 9.17) is 4.74 Å². The minimum Gasteiger partial charge on any atom is -0.489 e. The third-order valence-electron chi connectivity index (χ3n) is 3.67. The molecule has 1 saturated heterocycles. The summed E-state index contributed by atoms with van der Waals surface area (Å²) < 4.78 is 6.53. The first-order valence-electron chi connectivity index (χ1n) is 7.24. The van der Waals surface area contributed by atoms with Crippen LogP contribution in [0.15, 0.2) is 42.5 Å². The Hall–Kier alpha value is -1.06. The van der Waals surface area contributed by atoms with E-state index >= 15 is 0 Å². The van der Waals surface area contributed by atoms with Gasteiger partial charge in [0.1, 0.15) is 12.4 Å². The highest BCUT2D eigenvalue weighted by atomic mass is 32.2. The van der Waals surface area contributed by atoms with Gasteiger partial charge in [-0.15, -0.1) is 23.5 Å². The van der Waals surface area contributed by atoms with E-state index in [1.54, 1.807) is 0 Å². The van der Waals surface area contributed by atoms with Crippen molar-refractivity contribution in [3.63, 3.8) is 0 Å². The lowest BCUT2D eigenvalue weighted by molar-refractivity contribution is 0.305. The average molecular weight is 316 g/mol. The highest BCUT2D eigenvalue weighted by Crippen LogP contribution is 2.45. The Morgan fingerprint density at radius 2 is 1.71 bits per heavy atom. The molecule has 3 rings (SSSR count). The zero-order valence-electron chi connectivity index (χ0n) is 12.5. The maximum Gasteiger partial charge on any atom is 0.119 e. The molecule has 0 saturated carbocycles. The van der Waals surface area contributed by atoms with Gasteiger partial charge in [0.2, 0.25) is 0 Å². The summed E-state index contributed by atoms with van der Waals surface area (Å²) in [5.74, 6) is 3.48. The minimum atomic E-state index is 0.610. The largest absolute Gasteiger partial charge is 0.489 e. The first-order valence-corrected chi connectivity index (χ1v) is 9.34. The molecule has 2 aromatic carbocycles. The fraction of sp³-hybridized carbons (Fsp3) is 0.333. The summed E-state index contributed by atoms with van der Waals surface area (Å²) in [5.41, 5.74) is 5.26. The van der Waals surface area contributed by atoms with Gasteiger partial charge in [0.05, 0.1) is 4.58 Å². The van der Waals surface area contributed by atoms with Crippen LogP contribution < -0.4 is 4.74 Å². The quantitative estimate of drug-likeness (QED) is 0.751. The topological polar surface area (TPSA) is 9.23 Å². The predicted octanol–water partition coefficient (Wildman–Crippen LogP) is 5.36. The number of rotatable bonds is 4. The van der Waals surface area contributed by atoms with Crippen LogP contribution >= 0.6 is 23.5 Å². The van der Waals surface area contributed by atoms with Crippen molar-refractivity contribution in [1.29, 1.82) is 0 Å². The second-order valence-corrected chi connectivity index (χ2v) is 8.09. The van der Waals surface area contributed by atoms with Crippen molar-refractivity contribution >= 4 is 23.5 Å². The molecule has 0 unspecified atom stereocenters. The molecule has 1 fully saturated rings. The van der Waals surface area contributed by atoms with Gasteiger partial charge in [-0.1, -0.05) is 35.9 Å². The van der Waals surface area contributed by atoms with Crippen LogP contribution in [0.3, 0.4) is 0 Å². The van der Waals surface area contributed by atoms with Gasteiger partial charge >= 0.3 is 0 Å². The van der Waals surface area contributed by atoms with Crippen LogP contribution in [0.5, 0.6) is 5.75 Å². The van der Waals surface area contributed by atoms with E-state index in [-0.39, 0.29) is 0 Å². The van der Waals surface area contributed by atoms with E-state index in [2.05, 4.69) is 56.3 Å². The van der Waals surface area contributed by atoms with Gasteiger partial charge in [-0.25, -0.2) is 0 Å². The van der Waals surface area contributed by atoms with Crippen molar-refractivity contribution in [2.75, 3.05) is 11.5 Å². The van der Waals surface area contributed by atoms with Gasteiger partial charge in [0.15, 0.2) is 0 Å². The zero-order valence-corrected chi connectivity index (χ0v) is 14.1. The lowest BCUT2D eigenvalue weighted by atomic mass is 10.1. The van der Waals surface area contributed by atoms with E-state index in [1.807, 2.05) is 23.5 Å². The molecule has 0 spiro atoms. The summed E-state index contributed by atoms with van der Waals surface area (Å²) in [6.07, 6.45) is 0. The Labute approximate surface area is 135 Å². The molecule has 0 aliphatic carbocycles. The van der Waals surface area contributed by atoms with Crippen LogP contribution in [0.1, 0.15) is 26.8 Å². The van der Waals surface area contributed by atoms with Gasteiger partial charge in [-0.3, -0.25) is 0 Å². The monoisotopic (exact) mass is 316 g/mol. The standard InChI is InChI=1S/C18H20OS2/c1-13-3-4-16(14(2)11-13)12-19-17-7-5-15(6-8-17)18-20-9-10-21-18/h3-8,11,18H,9-10,12H2,1-2H3. The molecule has 1 aliphatic rings. The normalized spacial score (nSPS) is 15.3. The summed E-state index contributed by atoms with van der Waals surface area (Å²) in [7, 11) is 0. The fourth-order valence-corrected chi connectivity index (χ4v) is 5.30. The number of ether oxygens (including phenoxy) is 1. The number of aryl methyl sites for hydroxylation is 2. The smallest absolute Gasteiger partial charge is 0.119 e. The summed E-state index contributed by atoms with van der Waals surface area (Å²) in [4.78, 5) is 0. The van der Waals surface area contributed by atoms with Gasteiger partial charge < -0.3 is 4.74 Å². The molecule has 1 heterocycles. The lowest BCUT2D eigenvalue weighted by Gasteiger charge is -2.11. The van der Waals surface area contributed by atoms with E-state index in [0.29, 0.717) is 11.2 Å². The zero-order chi connectivity index (χ0) is 14.7. The number of thioether (sulfide) groups is 2. The highest BCUT2D eigenvalue weighted by molar-refractivity contribution is 8.19. The van der Waals surface area contributed by atoms with Crippen molar-refractivity contribution in [3.8, 4) is 5.75 Å². The Bertz CT molecular complexity index is 601. The van der Waals surface area contributed by atoms with Crippen LogP contribution in [-0.4, -0.2) is 11.5 Å². The van der Waals surface area contributed by atoms with Crippen LogP contribution in [0, 0.1) is 13.8 Å². The van der Waals surface area contributed by atoms with Crippen LogP contribution in [0.25, 0.3) is 0 Å². The van der Waals surface area contributed by atoms with Crippen LogP contribution in [0.2, 0.25) is 0 Å². The maximum atomic E-state index is 5.92. The lowest BCUT2D eigenvalue weighted by Crippen LogP contribution is -1.98. The third kappa shape index (κ3) is 3.78. The van der Waals surface area contributed by atoms with Crippen molar-refractivity contribution < 1.29 is 4.74 Å². The highest BCUT2D eigenvalue weighted by Gasteiger charge is 2.17. The Morgan fingerprint density at radius 1 is 1.00 bits per heavy atom. The van der Waals surface area contributed by atoms with E-state index in [1.165, 1.54) is 33.8 Å². The van der Waals surface area contributed by atoms with Crippen molar-refractivity contribution in [3.05, 3.63) is 64.7 Å². The molecule has 3 heteroatoms. The molecule has 110 valence electrons. The molecule has 0 N–H and O–H groups in total. The molecule has 2 aromatic rings. The second kappa shape index (κ2) is 6.80. The van der Waals surface area contributed by atoms with Gasteiger partial charge in [0, 0.05) is 11.5 Å². The minimum absolute atomic E-state index is 0.610. The summed E-state index contributed by atoms with van der Waals surface area (Å²) in [6, 6.07) is 15.1. The van der Waals surface area contributed by atoms with Gasteiger partial charge in [0.25, 0.3) is 0 Å². The SMILES string of the molecule is Cc1ccc(COc2ccc(C3SCCS3)cc2)c(C)c1. The van der Waals surface area contributed by atoms with Gasteiger partial charge in [-0.2, -0.15) is 0 Å². The first kappa shape index (κ1) is 14.9. The molecule has 21 heavy (non-hydrogen) atoms. The molecular weight excluding hydrogens is 296 g/mol. The number of benzene rings is 2. The van der Waals surface area contributed by atoms with E-state index < -0.39 is 0 Å². The van der Waals surface area contributed by atoms with Crippen molar-refractivity contribution in [2.24, 2.45) is 0 Å². The molecule has 1 aliphatic heterocycles. The Kier molecular flexibility index (Phi) is 4.81. The second-order valence-electron chi connectivity index (χ2n) is 5.36. The fourth-order valence-electron chi connectivity index (χ4n) is 2.44. The number of hydrogen-bond acceptors (Lipinski definition) is 3. The summed E-state index contributed by atoms with van der Waals surface area (Å²) in [5, 5.41) is 0. The van der Waals surface area contributed by atoms with E-state index in [0.717, 1.165) is 5.75 Å². The molecule has 0 atom stereocenters. The molecule has 0 aromatic heterocycles. The molecular formula is C18H20OS2. The predicted molar refractivity (Wildman–Crippen MR) is 94.3 cm³/mol. The molecule has 0 bridgehead atoms. The average Bonchev–Trinajstić information content (AvgIpc) is 3.01. The van der Waals surface area contributed by atoms with Crippen LogP contribution in [0.4, 0.5) is 0 Å².